The molecule has 0 radical (unpaired) electrons. The number of hydrogen-bond acceptors (Lipinski definition) is 4. The molecule has 0 aliphatic rings. The quantitative estimate of drug-likeness (QED) is 0.666. The Balaban J connectivity index is 2.70. The lowest BCUT2D eigenvalue weighted by molar-refractivity contribution is -0.136. The summed E-state index contributed by atoms with van der Waals surface area (Å²) < 4.78 is 5.17. The molecule has 0 saturated heterocycles. The van der Waals surface area contributed by atoms with Crippen molar-refractivity contribution in [1.82, 2.24) is 0 Å². The van der Waals surface area contributed by atoms with Gasteiger partial charge in [-0.05, 0) is 12.1 Å². The summed E-state index contributed by atoms with van der Waals surface area (Å²) in [6.45, 7) is 1.53. The molecule has 1 N–H and O–H groups in total. The minimum Gasteiger partial charge on any atom is -0.496 e. The van der Waals surface area contributed by atoms with Gasteiger partial charge in [0.25, 0.3) is 0 Å². The summed E-state index contributed by atoms with van der Waals surface area (Å²) in [6, 6.07) is 5.20. The molecular weight excluding hydrogens is 276 g/mol. The lowest BCUT2D eigenvalue weighted by Crippen LogP contribution is -2.02. The van der Waals surface area contributed by atoms with Gasteiger partial charge in [0.2, 0.25) is 0 Å². The van der Waals surface area contributed by atoms with E-state index in [1.54, 1.807) is 18.2 Å². The first kappa shape index (κ1) is 16.1. The van der Waals surface area contributed by atoms with E-state index in [0.717, 1.165) is 5.56 Å². The zero-order valence-electron chi connectivity index (χ0n) is 11.4. The van der Waals surface area contributed by atoms with Crippen molar-refractivity contribution in [2.45, 2.75) is 19.8 Å². The van der Waals surface area contributed by atoms with Crippen LogP contribution in [-0.2, 0) is 16.0 Å². The minimum absolute atomic E-state index is 0.0772. The van der Waals surface area contributed by atoms with E-state index < -0.39 is 5.97 Å². The van der Waals surface area contributed by atoms with E-state index in [0.29, 0.717) is 23.5 Å². The highest BCUT2D eigenvalue weighted by Gasteiger charge is 2.07. The molecule has 1 aromatic rings. The SMILES string of the molecule is COc1cc(C#CCCSC(C)=O)ccc1CC(=O)O. The fourth-order valence-corrected chi connectivity index (χ4v) is 2.03. The molecule has 0 aliphatic heterocycles. The van der Waals surface area contributed by atoms with Gasteiger partial charge < -0.3 is 9.84 Å². The number of thioether (sulfide) groups is 1. The number of carbonyl (C=O) groups is 2. The van der Waals surface area contributed by atoms with Gasteiger partial charge in [-0.2, -0.15) is 0 Å². The van der Waals surface area contributed by atoms with Crippen LogP contribution in [0.3, 0.4) is 0 Å². The second-order valence-corrected chi connectivity index (χ2v) is 5.26. The average molecular weight is 292 g/mol. The maximum atomic E-state index is 10.7. The van der Waals surface area contributed by atoms with E-state index in [-0.39, 0.29) is 11.5 Å². The molecule has 5 heteroatoms. The van der Waals surface area contributed by atoms with Crippen LogP contribution in [0, 0.1) is 11.8 Å². The molecule has 0 bridgehead atoms. The van der Waals surface area contributed by atoms with Gasteiger partial charge in [0, 0.05) is 30.2 Å². The third-order valence-electron chi connectivity index (χ3n) is 2.39. The van der Waals surface area contributed by atoms with E-state index >= 15 is 0 Å². The second kappa shape index (κ2) is 8.28. The van der Waals surface area contributed by atoms with Crippen LogP contribution in [-0.4, -0.2) is 29.1 Å². The predicted octanol–water partition coefficient (Wildman–Crippen LogP) is 2.34. The minimum atomic E-state index is -0.900. The van der Waals surface area contributed by atoms with Crippen LogP contribution in [0.5, 0.6) is 5.75 Å². The summed E-state index contributed by atoms with van der Waals surface area (Å²) in [5.41, 5.74) is 1.39. The Bertz CT molecular complexity index is 555. The van der Waals surface area contributed by atoms with Crippen molar-refractivity contribution in [3.8, 4) is 17.6 Å². The molecule has 4 nitrogen and oxygen atoms in total. The van der Waals surface area contributed by atoms with Crippen LogP contribution in [0.25, 0.3) is 0 Å². The maximum absolute atomic E-state index is 10.7. The molecule has 20 heavy (non-hydrogen) atoms. The van der Waals surface area contributed by atoms with Crippen molar-refractivity contribution >= 4 is 22.8 Å². The topological polar surface area (TPSA) is 63.6 Å². The average Bonchev–Trinajstić information content (AvgIpc) is 2.38. The molecule has 0 amide bonds. The molecule has 0 heterocycles. The molecular formula is C15H16O4S. The van der Waals surface area contributed by atoms with Crippen molar-refractivity contribution in [1.29, 1.82) is 0 Å². The van der Waals surface area contributed by atoms with Crippen molar-refractivity contribution in [3.63, 3.8) is 0 Å². The molecule has 0 saturated carbocycles. The molecule has 0 fully saturated rings. The lowest BCUT2D eigenvalue weighted by atomic mass is 10.1. The molecule has 0 spiro atoms. The number of rotatable bonds is 5. The van der Waals surface area contributed by atoms with Crippen molar-refractivity contribution in [2.75, 3.05) is 12.9 Å². The van der Waals surface area contributed by atoms with Crippen LogP contribution >= 0.6 is 11.8 Å². The van der Waals surface area contributed by atoms with Gasteiger partial charge in [-0.15, -0.1) is 0 Å². The van der Waals surface area contributed by atoms with Gasteiger partial charge >= 0.3 is 5.97 Å². The van der Waals surface area contributed by atoms with E-state index in [9.17, 15) is 9.59 Å². The summed E-state index contributed by atoms with van der Waals surface area (Å²) in [5, 5.41) is 8.88. The number of hydrogen-bond donors (Lipinski definition) is 1. The van der Waals surface area contributed by atoms with Crippen LogP contribution in [0.4, 0.5) is 0 Å². The van der Waals surface area contributed by atoms with Gasteiger partial charge in [-0.3, -0.25) is 9.59 Å². The zero-order chi connectivity index (χ0) is 15.0. The molecule has 1 aromatic carbocycles. The molecule has 0 aromatic heterocycles. The lowest BCUT2D eigenvalue weighted by Gasteiger charge is -2.06. The Kier molecular flexibility index (Phi) is 6.68. The number of ether oxygens (including phenoxy) is 1. The highest BCUT2D eigenvalue weighted by molar-refractivity contribution is 8.13. The highest BCUT2D eigenvalue weighted by Crippen LogP contribution is 2.20. The Hall–Kier alpha value is -1.93. The molecule has 106 valence electrons. The van der Waals surface area contributed by atoms with Crippen LogP contribution in [0.15, 0.2) is 18.2 Å². The van der Waals surface area contributed by atoms with Gasteiger partial charge in [0.1, 0.15) is 5.75 Å². The zero-order valence-corrected chi connectivity index (χ0v) is 12.3. The number of aliphatic carboxylic acids is 1. The van der Waals surface area contributed by atoms with E-state index in [1.165, 1.54) is 25.8 Å². The summed E-state index contributed by atoms with van der Waals surface area (Å²) in [4.78, 5) is 21.4. The first-order chi connectivity index (χ1) is 9.52. The smallest absolute Gasteiger partial charge is 0.307 e. The molecule has 1 rings (SSSR count). The van der Waals surface area contributed by atoms with Crippen LogP contribution < -0.4 is 4.74 Å². The Morgan fingerprint density at radius 3 is 2.75 bits per heavy atom. The van der Waals surface area contributed by atoms with E-state index in [1.807, 2.05) is 0 Å². The van der Waals surface area contributed by atoms with Crippen molar-refractivity contribution in [3.05, 3.63) is 29.3 Å². The summed E-state index contributed by atoms with van der Waals surface area (Å²) in [5.74, 6) is 6.25. The van der Waals surface area contributed by atoms with Crippen molar-refractivity contribution < 1.29 is 19.4 Å². The van der Waals surface area contributed by atoms with E-state index in [2.05, 4.69) is 11.8 Å². The Labute approximate surface area is 122 Å². The van der Waals surface area contributed by atoms with Gasteiger partial charge in [-0.25, -0.2) is 0 Å². The number of carboxylic acid groups (broad SMARTS) is 1. The predicted molar refractivity (Wildman–Crippen MR) is 79.0 cm³/mol. The second-order valence-electron chi connectivity index (χ2n) is 3.99. The maximum Gasteiger partial charge on any atom is 0.307 e. The fourth-order valence-electron chi connectivity index (χ4n) is 1.54. The largest absolute Gasteiger partial charge is 0.496 e. The Morgan fingerprint density at radius 2 is 2.15 bits per heavy atom. The normalized spacial score (nSPS) is 9.50. The number of benzene rings is 1. The monoisotopic (exact) mass is 292 g/mol. The molecule has 0 unspecified atom stereocenters. The number of carbonyl (C=O) groups excluding carboxylic acids is 1. The molecule has 0 atom stereocenters. The highest BCUT2D eigenvalue weighted by atomic mass is 32.2. The van der Waals surface area contributed by atoms with Crippen molar-refractivity contribution in [2.24, 2.45) is 0 Å². The first-order valence-electron chi connectivity index (χ1n) is 6.04. The van der Waals surface area contributed by atoms with Crippen LogP contribution in [0.2, 0.25) is 0 Å². The van der Waals surface area contributed by atoms with E-state index in [4.69, 9.17) is 9.84 Å². The summed E-state index contributed by atoms with van der Waals surface area (Å²) >= 11 is 1.25. The first-order valence-corrected chi connectivity index (χ1v) is 7.02. The van der Waals surface area contributed by atoms with Gasteiger partial charge in [0.05, 0.1) is 13.5 Å². The van der Waals surface area contributed by atoms with Gasteiger partial charge in [-0.1, -0.05) is 29.7 Å². The standard InChI is InChI=1S/C15H16O4S/c1-11(16)20-8-4-3-5-12-6-7-13(10-15(17)18)14(9-12)19-2/h6-7,9H,4,8,10H2,1-2H3,(H,17,18). The molecule has 0 aliphatic carbocycles. The number of methoxy groups -OCH3 is 1. The third-order valence-corrected chi connectivity index (χ3v) is 3.21. The Morgan fingerprint density at radius 1 is 1.40 bits per heavy atom. The number of carboxylic acids is 1. The third kappa shape index (κ3) is 5.81. The van der Waals surface area contributed by atoms with Crippen LogP contribution in [0.1, 0.15) is 24.5 Å². The summed E-state index contributed by atoms with van der Waals surface area (Å²) in [7, 11) is 1.50. The fraction of sp³-hybridized carbons (Fsp3) is 0.333. The van der Waals surface area contributed by atoms with Gasteiger partial charge in [0.15, 0.2) is 5.12 Å². The summed E-state index contributed by atoms with van der Waals surface area (Å²) in [6.07, 6.45) is 0.551.